The van der Waals surface area contributed by atoms with Gasteiger partial charge in [-0.25, -0.2) is 0 Å². The summed E-state index contributed by atoms with van der Waals surface area (Å²) in [6.45, 7) is 6.10. The summed E-state index contributed by atoms with van der Waals surface area (Å²) in [5, 5.41) is 8.50. The standard InChI is InChI=1S/C24H37N5O4/c1-24(2,3)20(25)23(33)29-18(14-27-13-16-8-5-4-6-9-16)22(32)28-17(19(30)21(26)31)12-15-10-7-11-15/h4-6,8-9,15,17-18,20,27H,7,10-14,25H2,1-3H3,(H2,26,31)(H,28,32)(H,29,33)/t17?,18-,20+/m0/s1. The van der Waals surface area contributed by atoms with Crippen molar-refractivity contribution in [3.05, 3.63) is 35.9 Å². The lowest BCUT2D eigenvalue weighted by Crippen LogP contribution is -2.60. The number of amides is 3. The second-order valence-electron chi connectivity index (χ2n) is 9.84. The summed E-state index contributed by atoms with van der Waals surface area (Å²) >= 11 is 0. The van der Waals surface area contributed by atoms with Crippen LogP contribution >= 0.6 is 0 Å². The van der Waals surface area contributed by atoms with Crippen LogP contribution in [0.15, 0.2) is 30.3 Å². The highest BCUT2D eigenvalue weighted by Crippen LogP contribution is 2.30. The van der Waals surface area contributed by atoms with Crippen LogP contribution in [-0.4, -0.2) is 48.2 Å². The van der Waals surface area contributed by atoms with Gasteiger partial charge >= 0.3 is 0 Å². The first-order chi connectivity index (χ1) is 15.5. The Balaban J connectivity index is 2.10. The lowest BCUT2D eigenvalue weighted by atomic mass is 9.80. The number of hydrogen-bond donors (Lipinski definition) is 5. The molecule has 0 aliphatic heterocycles. The molecule has 1 aliphatic carbocycles. The summed E-state index contributed by atoms with van der Waals surface area (Å²) in [7, 11) is 0. The highest BCUT2D eigenvalue weighted by atomic mass is 16.2. The Morgan fingerprint density at radius 1 is 1.00 bits per heavy atom. The molecule has 2 rings (SSSR count). The molecular formula is C24H37N5O4. The second kappa shape index (κ2) is 11.9. The number of hydrogen-bond acceptors (Lipinski definition) is 6. The number of Topliss-reactive ketones (excluding diaryl/α,β-unsaturated/α-hetero) is 1. The number of primary amides is 1. The van der Waals surface area contributed by atoms with E-state index in [2.05, 4.69) is 16.0 Å². The van der Waals surface area contributed by atoms with Gasteiger partial charge in [-0.3, -0.25) is 19.2 Å². The maximum absolute atomic E-state index is 13.1. The fourth-order valence-corrected chi connectivity index (χ4v) is 3.56. The number of nitrogens with two attached hydrogens (primary N) is 2. The van der Waals surface area contributed by atoms with E-state index < -0.39 is 47.0 Å². The molecule has 3 atom stereocenters. The molecule has 1 aliphatic rings. The van der Waals surface area contributed by atoms with E-state index in [4.69, 9.17) is 11.5 Å². The Bertz CT molecular complexity index is 833. The molecule has 1 unspecified atom stereocenters. The van der Waals surface area contributed by atoms with Gasteiger partial charge in [-0.05, 0) is 23.3 Å². The minimum atomic E-state index is -1.09. The van der Waals surface area contributed by atoms with Gasteiger partial charge in [-0.1, -0.05) is 70.4 Å². The molecule has 0 bridgehead atoms. The highest BCUT2D eigenvalue weighted by molar-refractivity contribution is 6.37. The summed E-state index contributed by atoms with van der Waals surface area (Å²) in [6, 6.07) is 6.78. The zero-order valence-corrected chi connectivity index (χ0v) is 19.7. The van der Waals surface area contributed by atoms with Gasteiger partial charge in [-0.15, -0.1) is 0 Å². The van der Waals surface area contributed by atoms with E-state index in [9.17, 15) is 19.2 Å². The number of carbonyl (C=O) groups is 4. The van der Waals surface area contributed by atoms with Gasteiger partial charge in [0.25, 0.3) is 5.91 Å². The van der Waals surface area contributed by atoms with Crippen molar-refractivity contribution < 1.29 is 19.2 Å². The van der Waals surface area contributed by atoms with Crippen LogP contribution in [0.4, 0.5) is 0 Å². The molecule has 7 N–H and O–H groups in total. The smallest absolute Gasteiger partial charge is 0.287 e. The molecule has 0 saturated heterocycles. The van der Waals surface area contributed by atoms with Crippen LogP contribution in [-0.2, 0) is 25.7 Å². The van der Waals surface area contributed by atoms with Crippen LogP contribution in [0.25, 0.3) is 0 Å². The topological polar surface area (TPSA) is 156 Å². The Morgan fingerprint density at radius 2 is 1.61 bits per heavy atom. The van der Waals surface area contributed by atoms with Crippen molar-refractivity contribution in [3.63, 3.8) is 0 Å². The van der Waals surface area contributed by atoms with Crippen molar-refractivity contribution in [2.24, 2.45) is 22.8 Å². The molecule has 33 heavy (non-hydrogen) atoms. The van der Waals surface area contributed by atoms with Crippen molar-refractivity contribution >= 4 is 23.5 Å². The first-order valence-electron chi connectivity index (χ1n) is 11.4. The molecule has 0 aromatic heterocycles. The molecule has 1 fully saturated rings. The van der Waals surface area contributed by atoms with Gasteiger partial charge in [0.05, 0.1) is 12.1 Å². The lowest BCUT2D eigenvalue weighted by Gasteiger charge is -2.31. The van der Waals surface area contributed by atoms with Crippen molar-refractivity contribution in [1.29, 1.82) is 0 Å². The summed E-state index contributed by atoms with van der Waals surface area (Å²) in [6.07, 6.45) is 3.30. The second-order valence-corrected chi connectivity index (χ2v) is 9.84. The molecule has 182 valence electrons. The quantitative estimate of drug-likeness (QED) is 0.284. The first-order valence-corrected chi connectivity index (χ1v) is 11.4. The predicted octanol–water partition coefficient (Wildman–Crippen LogP) is 0.364. The number of benzene rings is 1. The van der Waals surface area contributed by atoms with E-state index in [1.165, 1.54) is 0 Å². The third-order valence-electron chi connectivity index (χ3n) is 6.04. The van der Waals surface area contributed by atoms with E-state index in [0.717, 1.165) is 24.8 Å². The largest absolute Gasteiger partial charge is 0.363 e. The predicted molar refractivity (Wildman–Crippen MR) is 126 cm³/mol. The molecule has 3 amide bonds. The van der Waals surface area contributed by atoms with E-state index in [0.29, 0.717) is 13.0 Å². The Morgan fingerprint density at radius 3 is 2.12 bits per heavy atom. The number of ketones is 1. The van der Waals surface area contributed by atoms with Crippen LogP contribution in [0, 0.1) is 11.3 Å². The molecule has 0 spiro atoms. The van der Waals surface area contributed by atoms with E-state index >= 15 is 0 Å². The zero-order chi connectivity index (χ0) is 24.6. The van der Waals surface area contributed by atoms with E-state index in [-0.39, 0.29) is 12.5 Å². The minimum absolute atomic E-state index is 0.115. The van der Waals surface area contributed by atoms with E-state index in [1.54, 1.807) is 0 Å². The van der Waals surface area contributed by atoms with Crippen LogP contribution in [0.5, 0.6) is 0 Å². The van der Waals surface area contributed by atoms with E-state index in [1.807, 2.05) is 51.1 Å². The fraction of sp³-hybridized carbons (Fsp3) is 0.583. The van der Waals surface area contributed by atoms with Gasteiger partial charge in [0.2, 0.25) is 17.6 Å². The minimum Gasteiger partial charge on any atom is -0.363 e. The third kappa shape index (κ3) is 8.25. The summed E-state index contributed by atoms with van der Waals surface area (Å²) in [4.78, 5) is 49.7. The number of rotatable bonds is 12. The van der Waals surface area contributed by atoms with Crippen LogP contribution in [0.1, 0.15) is 52.0 Å². The number of nitrogens with one attached hydrogen (secondary N) is 3. The van der Waals surface area contributed by atoms with Gasteiger partial charge in [0.15, 0.2) is 0 Å². The van der Waals surface area contributed by atoms with Gasteiger partial charge in [0.1, 0.15) is 6.04 Å². The lowest BCUT2D eigenvalue weighted by molar-refractivity contribution is -0.139. The Kier molecular flexibility index (Phi) is 9.55. The number of carbonyl (C=O) groups excluding carboxylic acids is 4. The molecule has 1 saturated carbocycles. The molecule has 0 heterocycles. The average Bonchev–Trinajstić information content (AvgIpc) is 2.73. The van der Waals surface area contributed by atoms with Gasteiger partial charge in [0, 0.05) is 13.1 Å². The monoisotopic (exact) mass is 459 g/mol. The fourth-order valence-electron chi connectivity index (χ4n) is 3.56. The third-order valence-corrected chi connectivity index (χ3v) is 6.04. The summed E-state index contributed by atoms with van der Waals surface area (Å²) in [5.41, 5.74) is 11.8. The SMILES string of the molecule is CC(C)(C)[C@H](N)C(=O)N[C@@H](CNCc1ccccc1)C(=O)NC(CC1CCC1)C(=O)C(N)=O. The van der Waals surface area contributed by atoms with Crippen molar-refractivity contribution in [2.75, 3.05) is 6.54 Å². The summed E-state index contributed by atoms with van der Waals surface area (Å²) in [5.74, 6) is -2.69. The normalized spacial score (nSPS) is 16.7. The maximum atomic E-state index is 13.1. The van der Waals surface area contributed by atoms with Crippen molar-refractivity contribution in [1.82, 2.24) is 16.0 Å². The first kappa shape index (κ1) is 26.5. The molecule has 9 heteroatoms. The molecular weight excluding hydrogens is 422 g/mol. The average molecular weight is 460 g/mol. The zero-order valence-electron chi connectivity index (χ0n) is 19.7. The Labute approximate surface area is 195 Å². The van der Waals surface area contributed by atoms with Crippen LogP contribution in [0.2, 0.25) is 0 Å². The Hall–Kier alpha value is -2.78. The van der Waals surface area contributed by atoms with Crippen molar-refractivity contribution in [2.45, 2.75) is 71.1 Å². The van der Waals surface area contributed by atoms with Crippen LogP contribution < -0.4 is 27.4 Å². The maximum Gasteiger partial charge on any atom is 0.287 e. The summed E-state index contributed by atoms with van der Waals surface area (Å²) < 4.78 is 0. The molecule has 1 aromatic carbocycles. The van der Waals surface area contributed by atoms with Gasteiger partial charge < -0.3 is 27.4 Å². The molecule has 1 aromatic rings. The highest BCUT2D eigenvalue weighted by Gasteiger charge is 2.34. The van der Waals surface area contributed by atoms with Gasteiger partial charge in [-0.2, -0.15) is 0 Å². The van der Waals surface area contributed by atoms with Crippen LogP contribution in [0.3, 0.4) is 0 Å². The molecule has 9 nitrogen and oxygen atoms in total. The van der Waals surface area contributed by atoms with Crippen molar-refractivity contribution in [3.8, 4) is 0 Å². The molecule has 0 radical (unpaired) electrons.